The van der Waals surface area contributed by atoms with Crippen molar-refractivity contribution in [2.24, 2.45) is 10.4 Å². The molecular weight excluding hydrogens is 1170 g/mol. The van der Waals surface area contributed by atoms with E-state index >= 15 is 9.59 Å². The van der Waals surface area contributed by atoms with Crippen molar-refractivity contribution in [3.8, 4) is 27.3 Å². The molecule has 2 fully saturated rings. The van der Waals surface area contributed by atoms with E-state index in [0.717, 1.165) is 48.8 Å². The molecule has 5 heterocycles. The Labute approximate surface area is 525 Å². The monoisotopic (exact) mass is 1240 g/mol. The van der Waals surface area contributed by atoms with Crippen molar-refractivity contribution >= 4 is 70.0 Å². The topological polar surface area (TPSA) is 267 Å². The third-order valence-corrected chi connectivity index (χ3v) is 17.6. The van der Waals surface area contributed by atoms with Crippen LogP contribution in [0.15, 0.2) is 138 Å². The number of carbonyl (C=O) groups excluding carboxylic acids is 7. The minimum Gasteiger partial charge on any atom is -0.391 e. The van der Waals surface area contributed by atoms with Crippen LogP contribution in [-0.2, 0) is 51.1 Å². The van der Waals surface area contributed by atoms with E-state index in [1.807, 2.05) is 147 Å². The second-order valence-electron chi connectivity index (χ2n) is 23.7. The maximum atomic E-state index is 15.2. The fourth-order valence-electron chi connectivity index (χ4n) is 11.3. The smallest absolute Gasteiger partial charge is 0.246 e. The molecule has 10 rings (SSSR count). The Balaban J connectivity index is 0.978. The van der Waals surface area contributed by atoms with E-state index in [2.05, 4.69) is 42.1 Å². The lowest BCUT2D eigenvalue weighted by Gasteiger charge is -2.35. The highest BCUT2D eigenvalue weighted by molar-refractivity contribution is 7.15. The Morgan fingerprint density at radius 2 is 1.25 bits per heavy atom. The molecular formula is C67H72ClN11O9S. The number of carbonyl (C=O) groups is 7. The lowest BCUT2D eigenvalue weighted by Crippen LogP contribution is -2.61. The lowest BCUT2D eigenvalue weighted by molar-refractivity contribution is -0.145. The number of halogens is 1. The lowest BCUT2D eigenvalue weighted by atomic mass is 9.85. The zero-order valence-electron chi connectivity index (χ0n) is 50.3. The Hall–Kier alpha value is -8.89. The van der Waals surface area contributed by atoms with Crippen LogP contribution in [0.3, 0.4) is 0 Å². The number of aromatic nitrogens is 3. The molecule has 0 aliphatic carbocycles. The minimum atomic E-state index is -1.47. The number of ether oxygens (including phenoxy) is 1. The molecule has 3 aliphatic heterocycles. The molecule has 7 atom stereocenters. The van der Waals surface area contributed by atoms with Crippen LogP contribution < -0.4 is 31.9 Å². The van der Waals surface area contributed by atoms with Gasteiger partial charge >= 0.3 is 0 Å². The third kappa shape index (κ3) is 15.0. The normalized spacial score (nSPS) is 21.5. The van der Waals surface area contributed by atoms with Crippen molar-refractivity contribution in [1.82, 2.24) is 51.6 Å². The van der Waals surface area contributed by atoms with Gasteiger partial charge in [0.25, 0.3) is 0 Å². The number of nitrogens with zero attached hydrogens (tertiary/aromatic N) is 5. The molecule has 0 bridgehead atoms. The summed E-state index contributed by atoms with van der Waals surface area (Å²) in [5.41, 5.74) is 7.38. The summed E-state index contributed by atoms with van der Waals surface area (Å²) in [6.45, 7) is 9.61. The van der Waals surface area contributed by atoms with Crippen LogP contribution in [0, 0.1) is 26.2 Å². The van der Waals surface area contributed by atoms with Gasteiger partial charge < -0.3 is 46.6 Å². The highest BCUT2D eigenvalue weighted by Crippen LogP contribution is 2.40. The van der Waals surface area contributed by atoms with Gasteiger partial charge in [-0.3, -0.25) is 43.1 Å². The van der Waals surface area contributed by atoms with E-state index in [1.165, 1.54) is 4.90 Å². The first-order valence-corrected chi connectivity index (χ1v) is 30.8. The Kier molecular flexibility index (Phi) is 19.6. The van der Waals surface area contributed by atoms with Crippen molar-refractivity contribution in [1.29, 1.82) is 0 Å². The minimum absolute atomic E-state index is 0.0801. The maximum absolute atomic E-state index is 15.2. The zero-order valence-corrected chi connectivity index (χ0v) is 51.9. The first-order chi connectivity index (χ1) is 42.7. The van der Waals surface area contributed by atoms with Crippen molar-refractivity contribution in [3.05, 3.63) is 183 Å². The molecule has 0 saturated carbocycles. The van der Waals surface area contributed by atoms with E-state index in [4.69, 9.17) is 21.3 Å². The number of thiophene rings is 1. The van der Waals surface area contributed by atoms with Crippen molar-refractivity contribution < 1.29 is 43.4 Å². The molecule has 0 spiro atoms. The maximum Gasteiger partial charge on any atom is 0.246 e. The number of nitrogens with one attached hydrogen (secondary N) is 6. The number of fused-ring (bicyclic) bond motifs is 4. The second-order valence-corrected chi connectivity index (χ2v) is 25.4. The van der Waals surface area contributed by atoms with Gasteiger partial charge in [-0.05, 0) is 77.3 Å². The van der Waals surface area contributed by atoms with Gasteiger partial charge in [0.15, 0.2) is 5.82 Å². The fourth-order valence-corrected chi connectivity index (χ4v) is 12.6. The summed E-state index contributed by atoms with van der Waals surface area (Å²) < 4.78 is 7.61. The first-order valence-electron chi connectivity index (χ1n) is 29.6. The Morgan fingerprint density at radius 3 is 1.83 bits per heavy atom. The molecule has 0 unspecified atom stereocenters. The summed E-state index contributed by atoms with van der Waals surface area (Å²) in [6.07, 6.45) is -1.70. The Morgan fingerprint density at radius 1 is 0.697 bits per heavy atom. The van der Waals surface area contributed by atoms with E-state index in [0.29, 0.717) is 33.5 Å². The van der Waals surface area contributed by atoms with Crippen LogP contribution in [0.4, 0.5) is 0 Å². The van der Waals surface area contributed by atoms with E-state index < -0.39 is 102 Å². The summed E-state index contributed by atoms with van der Waals surface area (Å²) in [5.74, 6) is -3.88. The second kappa shape index (κ2) is 27.7. The number of hydrogen-bond acceptors (Lipinski definition) is 13. The van der Waals surface area contributed by atoms with Gasteiger partial charge in [-0.15, -0.1) is 21.5 Å². The van der Waals surface area contributed by atoms with Gasteiger partial charge in [0.1, 0.15) is 53.7 Å². The predicted molar refractivity (Wildman–Crippen MR) is 339 cm³/mol. The highest BCUT2D eigenvalue weighted by Gasteiger charge is 2.46. The zero-order chi connectivity index (χ0) is 63.1. The van der Waals surface area contributed by atoms with Gasteiger partial charge in [0.2, 0.25) is 41.4 Å². The molecule has 462 valence electrons. The average Bonchev–Trinajstić information content (AvgIpc) is 1.60. The van der Waals surface area contributed by atoms with Gasteiger partial charge in [-0.1, -0.05) is 154 Å². The first kappa shape index (κ1) is 63.1. The number of aliphatic hydroxyl groups excluding tert-OH is 1. The summed E-state index contributed by atoms with van der Waals surface area (Å²) in [6, 6.07) is 34.0. The van der Waals surface area contributed by atoms with Crippen LogP contribution in [-0.4, -0.2) is 141 Å². The summed E-state index contributed by atoms with van der Waals surface area (Å²) in [4.78, 5) is 110. The largest absolute Gasteiger partial charge is 0.391 e. The van der Waals surface area contributed by atoms with Gasteiger partial charge in [0.05, 0.1) is 24.8 Å². The van der Waals surface area contributed by atoms with Gasteiger partial charge in [-0.2, -0.15) is 0 Å². The SMILES string of the molecule is Cc1sc2c(c1C)C(c1ccc(Cl)cc1)=N[C@@H](CC(=O)NC[C@H]1NC(=O)[C@@H](Cc3ccc(-c4ccccc4)cc3)NC(=O)[C@@H](Cc3ccc(-c4ccccc4)cc3)NC(=O)[C@@H]3C[C@@H](O)CN3C(=O)[C@H](C(C)(C)C)NC(=O)COCCNC1=O)c1nnc(C)n1-2. The molecule has 89 heavy (non-hydrogen) atoms. The van der Waals surface area contributed by atoms with Crippen molar-refractivity contribution in [2.75, 3.05) is 32.8 Å². The van der Waals surface area contributed by atoms with Crippen LogP contribution >= 0.6 is 22.9 Å². The van der Waals surface area contributed by atoms with E-state index in [1.54, 1.807) is 44.2 Å². The number of rotatable bonds is 11. The molecule has 7 aromatic rings. The summed E-state index contributed by atoms with van der Waals surface area (Å²) >= 11 is 7.92. The Bertz CT molecular complexity index is 3780. The molecule has 20 nitrogen and oxygen atoms in total. The molecule has 0 radical (unpaired) electrons. The summed E-state index contributed by atoms with van der Waals surface area (Å²) in [5, 5.41) is 38.4. The van der Waals surface area contributed by atoms with Crippen LogP contribution in [0.5, 0.6) is 0 Å². The van der Waals surface area contributed by atoms with Gasteiger partial charge in [0, 0.05) is 59.9 Å². The molecule has 5 aromatic carbocycles. The van der Waals surface area contributed by atoms with Crippen LogP contribution in [0.25, 0.3) is 27.3 Å². The van der Waals surface area contributed by atoms with Crippen molar-refractivity contribution in [2.45, 2.75) is 110 Å². The third-order valence-electron chi connectivity index (χ3n) is 16.2. The van der Waals surface area contributed by atoms with Crippen molar-refractivity contribution in [3.63, 3.8) is 0 Å². The highest BCUT2D eigenvalue weighted by atomic mass is 35.5. The number of aliphatic imine (C=N–C) groups is 1. The number of aliphatic hydroxyl groups is 1. The fraction of sp³-hybridized carbons (Fsp3) is 0.343. The molecule has 2 saturated heterocycles. The van der Waals surface area contributed by atoms with Crippen LogP contribution in [0.2, 0.25) is 5.02 Å². The summed E-state index contributed by atoms with van der Waals surface area (Å²) in [7, 11) is 0. The quantitative estimate of drug-likeness (QED) is 0.0765. The predicted octanol–water partition coefficient (Wildman–Crippen LogP) is 6.22. The number of benzene rings is 5. The average molecular weight is 1240 g/mol. The molecule has 3 aliphatic rings. The number of hydrogen-bond donors (Lipinski definition) is 7. The molecule has 7 N–H and O–H groups in total. The molecule has 2 aromatic heterocycles. The van der Waals surface area contributed by atoms with Crippen LogP contribution in [0.1, 0.15) is 84.0 Å². The standard InChI is InChI=1S/C67H72ClN11O9S/c1-38-39(2)89-66-57(38)58(47-25-27-48(68)28-26-47)71-50(60-77-76-40(3)79(60)66)34-55(81)70-35-53-61(83)69-29-30-88-37-56(82)75-59(67(4,5)6)65(87)78-36-49(80)33-54(78)64(86)73-52(32-42-19-23-46(24-20-42)44-15-11-8-12-16-44)62(84)72-51(63(85)74-53)31-41-17-21-45(22-18-41)43-13-9-7-10-14-43/h7-28,49-54,59,80H,29-37H2,1-6H3,(H,69,83)(H,70,81)(H,72,84)(H,73,86)(H,74,85)(H,75,82)/t49-,50+,51-,52-,53-,54+,59-/m1/s1. The van der Waals surface area contributed by atoms with E-state index in [9.17, 15) is 29.1 Å². The van der Waals surface area contributed by atoms with E-state index in [-0.39, 0.29) is 45.4 Å². The number of aryl methyl sites for hydroxylation is 2. The number of amides is 7. The molecule has 22 heteroatoms. The molecule has 7 amide bonds. The van der Waals surface area contributed by atoms with Gasteiger partial charge in [-0.25, -0.2) is 0 Å².